The molecule has 0 bridgehead atoms. The van der Waals surface area contributed by atoms with E-state index in [0.29, 0.717) is 15.8 Å². The summed E-state index contributed by atoms with van der Waals surface area (Å²) in [4.78, 5) is 28.8. The number of hydrogen-bond acceptors (Lipinski definition) is 7. The fourth-order valence-electron chi connectivity index (χ4n) is 3.54. The Morgan fingerprint density at radius 2 is 1.97 bits per heavy atom. The molecule has 0 unspecified atom stereocenters. The fourth-order valence-corrected chi connectivity index (χ4v) is 4.50. The molecule has 2 aliphatic heterocycles. The van der Waals surface area contributed by atoms with Gasteiger partial charge in [-0.3, -0.25) is 14.7 Å². The molecule has 0 saturated carbocycles. The largest absolute Gasteiger partial charge is 0.442 e. The molecule has 0 aliphatic carbocycles. The lowest BCUT2D eigenvalue weighted by atomic mass is 10.2. The number of hydrogen-bond donors (Lipinski definition) is 1. The highest BCUT2D eigenvalue weighted by molar-refractivity contribution is 7.18. The molecule has 0 spiro atoms. The van der Waals surface area contributed by atoms with Gasteiger partial charge >= 0.3 is 6.09 Å². The summed E-state index contributed by atoms with van der Waals surface area (Å²) in [7, 11) is 2.05. The molecule has 1 fully saturated rings. The Labute approximate surface area is 190 Å². The van der Waals surface area contributed by atoms with Gasteiger partial charge in [0.25, 0.3) is 5.91 Å². The van der Waals surface area contributed by atoms with Crippen molar-refractivity contribution in [1.29, 1.82) is 0 Å². The van der Waals surface area contributed by atoms with Gasteiger partial charge in [0, 0.05) is 25.7 Å². The van der Waals surface area contributed by atoms with Crippen LogP contribution in [0.25, 0.3) is 0 Å². The third-order valence-corrected chi connectivity index (χ3v) is 6.49. The van der Waals surface area contributed by atoms with Crippen LogP contribution in [0.3, 0.4) is 0 Å². The zero-order valence-corrected chi connectivity index (χ0v) is 18.9. The van der Waals surface area contributed by atoms with Crippen LogP contribution >= 0.6 is 22.9 Å². The van der Waals surface area contributed by atoms with Crippen molar-refractivity contribution in [3.8, 4) is 0 Å². The summed E-state index contributed by atoms with van der Waals surface area (Å²) in [6.45, 7) is 4.43. The molecule has 164 valence electrons. The number of hydrazone groups is 1. The molecule has 2 aromatic rings. The van der Waals surface area contributed by atoms with E-state index in [-0.39, 0.29) is 12.5 Å². The Kier molecular flexibility index (Phi) is 6.33. The lowest BCUT2D eigenvalue weighted by Gasteiger charge is -2.32. The Balaban J connectivity index is 1.36. The minimum absolute atomic E-state index is 0.227. The standard InChI is InChI=1S/C21H24ClN5O3S/c1-3-19-24-27(11-10-25(19)2)15-6-4-14(5-7-15)26-13-16(30-21(26)29)12-23-20(28)17-8-9-18(22)31-17/h4-9,16H,3,10-13H2,1-2H3,(H,23,28)/t16-/m0/s1. The predicted molar refractivity (Wildman–Crippen MR) is 123 cm³/mol. The summed E-state index contributed by atoms with van der Waals surface area (Å²) in [5, 5.41) is 9.48. The van der Waals surface area contributed by atoms with Crippen LogP contribution in [0.1, 0.15) is 23.0 Å². The average molecular weight is 462 g/mol. The van der Waals surface area contributed by atoms with Gasteiger partial charge in [0.1, 0.15) is 11.9 Å². The minimum Gasteiger partial charge on any atom is -0.442 e. The average Bonchev–Trinajstić information content (AvgIpc) is 3.38. The van der Waals surface area contributed by atoms with E-state index in [9.17, 15) is 9.59 Å². The zero-order chi connectivity index (χ0) is 22.0. The number of amidine groups is 1. The molecule has 2 amide bonds. The second-order valence-electron chi connectivity index (χ2n) is 7.36. The minimum atomic E-state index is -0.419. The van der Waals surface area contributed by atoms with Crippen molar-refractivity contribution in [2.45, 2.75) is 19.4 Å². The third-order valence-electron chi connectivity index (χ3n) is 5.26. The molecule has 8 nitrogen and oxygen atoms in total. The highest BCUT2D eigenvalue weighted by atomic mass is 35.5. The van der Waals surface area contributed by atoms with Gasteiger partial charge in [0.05, 0.1) is 34.5 Å². The molecule has 1 aromatic carbocycles. The maximum absolute atomic E-state index is 12.3. The number of benzene rings is 1. The van der Waals surface area contributed by atoms with Crippen molar-refractivity contribution in [1.82, 2.24) is 10.2 Å². The summed E-state index contributed by atoms with van der Waals surface area (Å²) in [6.07, 6.45) is 0.0419. The smallest absolute Gasteiger partial charge is 0.414 e. The molecular formula is C21H24ClN5O3S. The molecule has 1 saturated heterocycles. The molecule has 1 aromatic heterocycles. The molecular weight excluding hydrogens is 438 g/mol. The number of rotatable bonds is 6. The van der Waals surface area contributed by atoms with Crippen molar-refractivity contribution in [2.24, 2.45) is 5.10 Å². The topological polar surface area (TPSA) is 77.5 Å². The molecule has 2 aliphatic rings. The van der Waals surface area contributed by atoms with Crippen molar-refractivity contribution in [2.75, 3.05) is 43.1 Å². The number of amides is 2. The van der Waals surface area contributed by atoms with E-state index in [0.717, 1.165) is 36.7 Å². The van der Waals surface area contributed by atoms with Crippen LogP contribution in [0.2, 0.25) is 4.34 Å². The number of thiophene rings is 1. The summed E-state index contributed by atoms with van der Waals surface area (Å²) in [5.41, 5.74) is 1.73. The van der Waals surface area contributed by atoms with E-state index in [1.165, 1.54) is 11.3 Å². The van der Waals surface area contributed by atoms with Crippen LogP contribution < -0.4 is 15.2 Å². The molecule has 31 heavy (non-hydrogen) atoms. The Bertz CT molecular complexity index is 993. The van der Waals surface area contributed by atoms with Gasteiger partial charge in [0.15, 0.2) is 0 Å². The maximum atomic E-state index is 12.3. The first-order valence-electron chi connectivity index (χ1n) is 10.1. The first-order valence-corrected chi connectivity index (χ1v) is 11.3. The van der Waals surface area contributed by atoms with Gasteiger partial charge in [-0.05, 0) is 36.4 Å². The Morgan fingerprint density at radius 1 is 1.23 bits per heavy atom. The van der Waals surface area contributed by atoms with Gasteiger partial charge in [0.2, 0.25) is 0 Å². The van der Waals surface area contributed by atoms with Gasteiger partial charge in [-0.15, -0.1) is 11.3 Å². The van der Waals surface area contributed by atoms with E-state index >= 15 is 0 Å². The van der Waals surface area contributed by atoms with Crippen LogP contribution in [-0.4, -0.2) is 62.1 Å². The van der Waals surface area contributed by atoms with Crippen LogP contribution in [0, 0.1) is 0 Å². The number of carbonyl (C=O) groups is 2. The first-order chi connectivity index (χ1) is 14.9. The number of cyclic esters (lactones) is 1. The van der Waals surface area contributed by atoms with E-state index in [1.54, 1.807) is 17.0 Å². The highest BCUT2D eigenvalue weighted by Gasteiger charge is 2.32. The van der Waals surface area contributed by atoms with Crippen molar-refractivity contribution in [3.05, 3.63) is 45.6 Å². The van der Waals surface area contributed by atoms with E-state index in [4.69, 9.17) is 21.4 Å². The second-order valence-corrected chi connectivity index (χ2v) is 9.08. The molecule has 1 N–H and O–H groups in total. The highest BCUT2D eigenvalue weighted by Crippen LogP contribution is 2.26. The SMILES string of the molecule is CCC1=NN(c2ccc(N3C[C@H](CNC(=O)c4ccc(Cl)s4)OC3=O)cc2)CCN1C. The van der Waals surface area contributed by atoms with Crippen LogP contribution in [0.4, 0.5) is 16.2 Å². The van der Waals surface area contributed by atoms with Gasteiger partial charge in [-0.1, -0.05) is 18.5 Å². The fraction of sp³-hybridized carbons (Fsp3) is 0.381. The molecule has 3 heterocycles. The van der Waals surface area contributed by atoms with Gasteiger partial charge in [-0.25, -0.2) is 4.79 Å². The number of nitrogens with one attached hydrogen (secondary N) is 1. The monoisotopic (exact) mass is 461 g/mol. The van der Waals surface area contributed by atoms with Crippen LogP contribution in [0.15, 0.2) is 41.5 Å². The number of likely N-dealkylation sites (N-methyl/N-ethyl adjacent to an activating group) is 1. The maximum Gasteiger partial charge on any atom is 0.414 e. The van der Waals surface area contributed by atoms with Crippen molar-refractivity contribution in [3.63, 3.8) is 0 Å². The lowest BCUT2D eigenvalue weighted by Crippen LogP contribution is -2.41. The van der Waals surface area contributed by atoms with Gasteiger partial charge < -0.3 is 15.0 Å². The molecule has 1 atom stereocenters. The van der Waals surface area contributed by atoms with Crippen molar-refractivity contribution < 1.29 is 14.3 Å². The molecule has 4 rings (SSSR count). The Morgan fingerprint density at radius 3 is 2.65 bits per heavy atom. The molecule has 10 heteroatoms. The van der Waals surface area contributed by atoms with E-state index < -0.39 is 12.2 Å². The number of halogens is 1. The van der Waals surface area contributed by atoms with Crippen LogP contribution in [0.5, 0.6) is 0 Å². The van der Waals surface area contributed by atoms with Crippen molar-refractivity contribution >= 4 is 52.1 Å². The summed E-state index contributed by atoms with van der Waals surface area (Å²) < 4.78 is 5.97. The van der Waals surface area contributed by atoms with E-state index in [2.05, 4.69) is 24.2 Å². The van der Waals surface area contributed by atoms with Crippen LogP contribution in [-0.2, 0) is 4.74 Å². The zero-order valence-electron chi connectivity index (χ0n) is 17.4. The number of carbonyl (C=O) groups excluding carboxylic acids is 2. The third kappa shape index (κ3) is 4.77. The number of anilines is 2. The quantitative estimate of drug-likeness (QED) is 0.710. The first kappa shape index (κ1) is 21.5. The lowest BCUT2D eigenvalue weighted by molar-refractivity contribution is 0.0920. The van der Waals surface area contributed by atoms with E-state index in [1.807, 2.05) is 29.3 Å². The molecule has 0 radical (unpaired) electrons. The second kappa shape index (κ2) is 9.15. The normalized spacial score (nSPS) is 18.8. The predicted octanol–water partition coefficient (Wildman–Crippen LogP) is 3.63. The summed E-state index contributed by atoms with van der Waals surface area (Å²) in [5.74, 6) is 0.822. The summed E-state index contributed by atoms with van der Waals surface area (Å²) in [6, 6.07) is 11.1. The summed E-state index contributed by atoms with van der Waals surface area (Å²) >= 11 is 7.08. The number of ether oxygens (including phenoxy) is 1. The number of nitrogens with zero attached hydrogens (tertiary/aromatic N) is 4. The van der Waals surface area contributed by atoms with Gasteiger partial charge in [-0.2, -0.15) is 5.10 Å². The Hall–Kier alpha value is -2.78.